The highest BCUT2D eigenvalue weighted by atomic mass is 35.5. The van der Waals surface area contributed by atoms with Crippen molar-refractivity contribution in [2.75, 3.05) is 6.54 Å². The molecular weight excluding hydrogens is 545 g/mol. The van der Waals surface area contributed by atoms with E-state index in [1.165, 1.54) is 6.07 Å². The fourth-order valence-corrected chi connectivity index (χ4v) is 4.79. The summed E-state index contributed by atoms with van der Waals surface area (Å²) >= 11 is 6.58. The quantitative estimate of drug-likeness (QED) is 0.227. The number of alkyl halides is 3. The van der Waals surface area contributed by atoms with Gasteiger partial charge in [-0.3, -0.25) is 19.3 Å². The Labute approximate surface area is 234 Å². The SMILES string of the molecule is Cc1cc(C(F)(F)F)ccc1-c1cc2cn(C(CC(C)C)c3ccc(C(=O)NCCC(=O)O)nc3)nc2cc1Cl. The van der Waals surface area contributed by atoms with Gasteiger partial charge in [-0.15, -0.1) is 0 Å². The summed E-state index contributed by atoms with van der Waals surface area (Å²) in [6, 6.07) is 10.3. The molecule has 2 aromatic carbocycles. The third kappa shape index (κ3) is 6.62. The van der Waals surface area contributed by atoms with Gasteiger partial charge in [-0.2, -0.15) is 18.3 Å². The Balaban J connectivity index is 1.65. The minimum atomic E-state index is -4.43. The van der Waals surface area contributed by atoms with Gasteiger partial charge in [-0.1, -0.05) is 37.6 Å². The molecule has 0 spiro atoms. The van der Waals surface area contributed by atoms with Crippen LogP contribution >= 0.6 is 11.6 Å². The van der Waals surface area contributed by atoms with Crippen LogP contribution in [-0.4, -0.2) is 38.3 Å². The number of nitrogens with one attached hydrogen (secondary N) is 1. The van der Waals surface area contributed by atoms with Crippen LogP contribution in [0, 0.1) is 12.8 Å². The number of benzene rings is 2. The van der Waals surface area contributed by atoms with Crippen LogP contribution in [0.1, 0.15) is 59.9 Å². The predicted octanol–water partition coefficient (Wildman–Crippen LogP) is 6.92. The number of carbonyl (C=O) groups excluding carboxylic acids is 1. The zero-order valence-electron chi connectivity index (χ0n) is 22.1. The molecule has 0 bridgehead atoms. The molecule has 4 aromatic rings. The molecule has 0 saturated heterocycles. The zero-order chi connectivity index (χ0) is 29.2. The van der Waals surface area contributed by atoms with Crippen molar-refractivity contribution in [3.63, 3.8) is 0 Å². The predicted molar refractivity (Wildman–Crippen MR) is 146 cm³/mol. The van der Waals surface area contributed by atoms with Crippen molar-refractivity contribution >= 4 is 34.4 Å². The molecule has 4 rings (SSSR count). The van der Waals surface area contributed by atoms with Gasteiger partial charge in [0.15, 0.2) is 0 Å². The lowest BCUT2D eigenvalue weighted by atomic mass is 9.97. The summed E-state index contributed by atoms with van der Waals surface area (Å²) in [5.41, 5.74) is 2.59. The summed E-state index contributed by atoms with van der Waals surface area (Å²) in [5, 5.41) is 17.2. The van der Waals surface area contributed by atoms with Crippen molar-refractivity contribution in [3.8, 4) is 11.1 Å². The smallest absolute Gasteiger partial charge is 0.416 e. The molecule has 11 heteroatoms. The average Bonchev–Trinajstić information content (AvgIpc) is 3.28. The van der Waals surface area contributed by atoms with Crippen molar-refractivity contribution in [3.05, 3.63) is 82.3 Å². The van der Waals surface area contributed by atoms with Crippen LogP contribution < -0.4 is 5.32 Å². The lowest BCUT2D eigenvalue weighted by Gasteiger charge is -2.20. The molecule has 2 heterocycles. The summed E-state index contributed by atoms with van der Waals surface area (Å²) < 4.78 is 41.3. The molecule has 40 heavy (non-hydrogen) atoms. The van der Waals surface area contributed by atoms with Gasteiger partial charge in [-0.05, 0) is 66.3 Å². The molecule has 7 nitrogen and oxygen atoms in total. The largest absolute Gasteiger partial charge is 0.481 e. The van der Waals surface area contributed by atoms with Gasteiger partial charge in [0.1, 0.15) is 5.69 Å². The van der Waals surface area contributed by atoms with Crippen molar-refractivity contribution in [1.29, 1.82) is 0 Å². The number of hydrogen-bond donors (Lipinski definition) is 2. The maximum atomic E-state index is 13.2. The molecular formula is C29H28ClF3N4O3. The highest BCUT2D eigenvalue weighted by Gasteiger charge is 2.31. The Hall–Kier alpha value is -3.92. The summed E-state index contributed by atoms with van der Waals surface area (Å²) in [6.45, 7) is 5.78. The number of aryl methyl sites for hydroxylation is 1. The van der Waals surface area contributed by atoms with Crippen LogP contribution in [0.2, 0.25) is 5.02 Å². The molecule has 0 fully saturated rings. The number of amides is 1. The first-order valence-corrected chi connectivity index (χ1v) is 13.0. The lowest BCUT2D eigenvalue weighted by molar-refractivity contribution is -0.138. The molecule has 1 atom stereocenters. The number of hydrogen-bond acceptors (Lipinski definition) is 4. The van der Waals surface area contributed by atoms with E-state index in [1.807, 2.05) is 16.9 Å². The molecule has 210 valence electrons. The minimum Gasteiger partial charge on any atom is -0.481 e. The first-order chi connectivity index (χ1) is 18.8. The Morgan fingerprint density at radius 3 is 2.45 bits per heavy atom. The third-order valence-corrected chi connectivity index (χ3v) is 6.81. The highest BCUT2D eigenvalue weighted by Crippen LogP contribution is 2.38. The topological polar surface area (TPSA) is 97.1 Å². The van der Waals surface area contributed by atoms with E-state index in [-0.39, 0.29) is 24.7 Å². The number of halogens is 4. The summed E-state index contributed by atoms with van der Waals surface area (Å²) in [5.74, 6) is -1.17. The molecule has 2 N–H and O–H groups in total. The van der Waals surface area contributed by atoms with Crippen LogP contribution in [0.25, 0.3) is 22.0 Å². The summed E-state index contributed by atoms with van der Waals surface area (Å²) in [7, 11) is 0. The zero-order valence-corrected chi connectivity index (χ0v) is 22.8. The maximum Gasteiger partial charge on any atom is 0.416 e. The number of nitrogens with zero attached hydrogens (tertiary/aromatic N) is 3. The van der Waals surface area contributed by atoms with Crippen LogP contribution in [-0.2, 0) is 11.0 Å². The Morgan fingerprint density at radius 1 is 1.10 bits per heavy atom. The molecule has 0 saturated carbocycles. The second-order valence-corrected chi connectivity index (χ2v) is 10.5. The third-order valence-electron chi connectivity index (χ3n) is 6.50. The van der Waals surface area contributed by atoms with Crippen LogP contribution in [0.3, 0.4) is 0 Å². The number of fused-ring (bicyclic) bond motifs is 1. The Morgan fingerprint density at radius 2 is 1.85 bits per heavy atom. The van der Waals surface area contributed by atoms with Gasteiger partial charge in [0.25, 0.3) is 5.91 Å². The molecule has 0 radical (unpaired) electrons. The van der Waals surface area contributed by atoms with E-state index >= 15 is 0 Å². The van der Waals surface area contributed by atoms with E-state index in [4.69, 9.17) is 21.8 Å². The van der Waals surface area contributed by atoms with Gasteiger partial charge in [-0.25, -0.2) is 0 Å². The Kier molecular flexibility index (Phi) is 8.48. The molecule has 0 aliphatic heterocycles. The van der Waals surface area contributed by atoms with Crippen molar-refractivity contribution < 1.29 is 27.9 Å². The van der Waals surface area contributed by atoms with E-state index in [2.05, 4.69) is 24.1 Å². The van der Waals surface area contributed by atoms with Crippen molar-refractivity contribution in [1.82, 2.24) is 20.1 Å². The second kappa shape index (κ2) is 11.7. The standard InChI is InChI=1S/C29H28ClF3N4O3/c1-16(2)10-26(18-4-7-24(35-14-18)28(40)34-9-8-27(38)39)37-15-19-12-22(23(30)13-25(19)36-37)21-6-5-20(11-17(21)3)29(31,32)33/h4-7,11-16,26H,8-10H2,1-3H3,(H,34,40)(H,38,39). The second-order valence-electron chi connectivity index (χ2n) is 10.0. The van der Waals surface area contributed by atoms with E-state index in [0.717, 1.165) is 29.5 Å². The number of aliphatic carboxylic acids is 1. The van der Waals surface area contributed by atoms with E-state index in [0.29, 0.717) is 33.1 Å². The van der Waals surface area contributed by atoms with Crippen LogP contribution in [0.5, 0.6) is 0 Å². The van der Waals surface area contributed by atoms with Gasteiger partial charge < -0.3 is 10.4 Å². The number of aromatic nitrogens is 3. The minimum absolute atomic E-state index is 0.00396. The van der Waals surface area contributed by atoms with Gasteiger partial charge in [0.2, 0.25) is 0 Å². The number of rotatable bonds is 9. The summed E-state index contributed by atoms with van der Waals surface area (Å²) in [4.78, 5) is 27.3. The first kappa shape index (κ1) is 29.1. The fraction of sp³-hybridized carbons (Fsp3) is 0.310. The number of carboxylic acids is 1. The lowest BCUT2D eigenvalue weighted by Crippen LogP contribution is -2.27. The molecule has 0 aliphatic carbocycles. The van der Waals surface area contributed by atoms with E-state index in [1.54, 1.807) is 31.3 Å². The average molecular weight is 573 g/mol. The molecule has 1 amide bonds. The van der Waals surface area contributed by atoms with Crippen LogP contribution in [0.15, 0.2) is 54.9 Å². The number of pyridine rings is 1. The fourth-order valence-electron chi connectivity index (χ4n) is 4.53. The molecule has 2 aromatic heterocycles. The van der Waals surface area contributed by atoms with Gasteiger partial charge in [0.05, 0.1) is 28.6 Å². The van der Waals surface area contributed by atoms with Gasteiger partial charge in [0, 0.05) is 29.9 Å². The van der Waals surface area contributed by atoms with Crippen molar-refractivity contribution in [2.45, 2.75) is 45.8 Å². The molecule has 0 aliphatic rings. The normalized spacial score (nSPS) is 12.6. The summed E-state index contributed by atoms with van der Waals surface area (Å²) in [6.07, 6.45) is -0.416. The van der Waals surface area contributed by atoms with Crippen LogP contribution in [0.4, 0.5) is 13.2 Å². The number of carbonyl (C=O) groups is 2. The van der Waals surface area contributed by atoms with Crippen molar-refractivity contribution in [2.24, 2.45) is 5.92 Å². The van der Waals surface area contributed by atoms with E-state index < -0.39 is 23.6 Å². The van der Waals surface area contributed by atoms with Gasteiger partial charge >= 0.3 is 12.1 Å². The van der Waals surface area contributed by atoms with E-state index in [9.17, 15) is 22.8 Å². The highest BCUT2D eigenvalue weighted by molar-refractivity contribution is 6.34. The monoisotopic (exact) mass is 572 g/mol. The Bertz CT molecular complexity index is 1550. The first-order valence-electron chi connectivity index (χ1n) is 12.7. The maximum absolute atomic E-state index is 13.2. The number of carboxylic acid groups (broad SMARTS) is 1. The molecule has 1 unspecified atom stereocenters.